The Morgan fingerprint density at radius 3 is 2.17 bits per heavy atom. The van der Waals surface area contributed by atoms with E-state index in [0.29, 0.717) is 16.4 Å². The molecule has 2 aliphatic carbocycles. The molecule has 1 aliphatic heterocycles. The van der Waals surface area contributed by atoms with Gasteiger partial charge in [-0.2, -0.15) is 0 Å². The van der Waals surface area contributed by atoms with E-state index in [4.69, 9.17) is 34.8 Å². The Hall–Kier alpha value is -2.34. The van der Waals surface area contributed by atoms with Crippen LogP contribution in [-0.4, -0.2) is 17.7 Å². The summed E-state index contributed by atoms with van der Waals surface area (Å²) in [4.78, 5) is 39.7. The van der Waals surface area contributed by atoms with Crippen molar-refractivity contribution in [3.63, 3.8) is 0 Å². The minimum atomic E-state index is -0.447. The second-order valence-electron chi connectivity index (χ2n) is 7.75. The first-order chi connectivity index (χ1) is 14.3. The number of carbonyl (C=O) groups is 3. The van der Waals surface area contributed by atoms with Gasteiger partial charge in [-0.3, -0.25) is 14.4 Å². The van der Waals surface area contributed by atoms with Crippen molar-refractivity contribution < 1.29 is 14.4 Å². The van der Waals surface area contributed by atoms with Gasteiger partial charge in [-0.15, -0.1) is 0 Å². The Labute approximate surface area is 187 Å². The van der Waals surface area contributed by atoms with Crippen LogP contribution in [0.3, 0.4) is 0 Å². The lowest BCUT2D eigenvalue weighted by molar-refractivity contribution is -0.123. The molecule has 5 rings (SSSR count). The molecule has 2 bridgehead atoms. The van der Waals surface area contributed by atoms with Crippen molar-refractivity contribution in [1.29, 1.82) is 0 Å². The van der Waals surface area contributed by atoms with Gasteiger partial charge < -0.3 is 5.32 Å². The first-order valence-electron chi connectivity index (χ1n) is 9.47. The highest BCUT2D eigenvalue weighted by Crippen LogP contribution is 2.53. The van der Waals surface area contributed by atoms with Crippen LogP contribution in [0.4, 0.5) is 11.4 Å². The van der Waals surface area contributed by atoms with Gasteiger partial charge in [-0.05, 0) is 54.7 Å². The number of hydrogen-bond acceptors (Lipinski definition) is 3. The van der Waals surface area contributed by atoms with Crippen LogP contribution in [0.15, 0.2) is 48.6 Å². The second kappa shape index (κ2) is 7.12. The lowest BCUT2D eigenvalue weighted by Crippen LogP contribution is -2.32. The molecule has 0 radical (unpaired) electrons. The number of benzene rings is 2. The molecule has 1 saturated carbocycles. The predicted molar refractivity (Wildman–Crippen MR) is 116 cm³/mol. The van der Waals surface area contributed by atoms with E-state index in [2.05, 4.69) is 5.32 Å². The van der Waals surface area contributed by atoms with Crippen LogP contribution in [-0.2, 0) is 9.59 Å². The Morgan fingerprint density at radius 2 is 1.57 bits per heavy atom. The smallest absolute Gasteiger partial charge is 0.257 e. The van der Waals surface area contributed by atoms with Crippen LogP contribution in [0.25, 0.3) is 0 Å². The molecule has 4 unspecified atom stereocenters. The molecule has 152 valence electrons. The summed E-state index contributed by atoms with van der Waals surface area (Å²) in [6.45, 7) is 0. The minimum absolute atomic E-state index is 0.139. The number of nitrogens with one attached hydrogen (secondary N) is 1. The van der Waals surface area contributed by atoms with Gasteiger partial charge in [-0.1, -0.05) is 47.0 Å². The van der Waals surface area contributed by atoms with Crippen LogP contribution < -0.4 is 10.2 Å². The minimum Gasteiger partial charge on any atom is -0.321 e. The van der Waals surface area contributed by atoms with Gasteiger partial charge in [0.1, 0.15) is 0 Å². The van der Waals surface area contributed by atoms with Gasteiger partial charge in [0.15, 0.2) is 0 Å². The standard InChI is InChI=1S/C22H15Cl3N2O3/c23-12-3-5-14(15(24)8-12)20(28)26-17-6-4-13(9-16(17)25)27-21(29)18-10-1-2-11(7-10)19(18)22(27)30/h1-6,8-11,18-19H,7H2,(H,26,28). The molecule has 30 heavy (non-hydrogen) atoms. The molecule has 2 aromatic rings. The Balaban J connectivity index is 1.38. The number of rotatable bonds is 3. The summed E-state index contributed by atoms with van der Waals surface area (Å²) < 4.78 is 0. The van der Waals surface area contributed by atoms with Crippen molar-refractivity contribution in [3.8, 4) is 0 Å². The number of hydrogen-bond donors (Lipinski definition) is 1. The summed E-state index contributed by atoms with van der Waals surface area (Å²) in [5.41, 5.74) is 1.01. The summed E-state index contributed by atoms with van der Waals surface area (Å²) in [5, 5.41) is 3.55. The average molecular weight is 462 g/mol. The molecule has 2 aromatic carbocycles. The highest BCUT2D eigenvalue weighted by atomic mass is 35.5. The normalized spacial score (nSPS) is 26.4. The second-order valence-corrected chi connectivity index (χ2v) is 9.01. The van der Waals surface area contributed by atoms with Crippen LogP contribution in [0, 0.1) is 23.7 Å². The molecule has 1 heterocycles. The first kappa shape index (κ1) is 19.6. The number of nitrogens with zero attached hydrogens (tertiary/aromatic N) is 1. The summed E-state index contributed by atoms with van der Waals surface area (Å²) in [5.74, 6) is -1.09. The molecule has 4 atom stereocenters. The highest BCUT2D eigenvalue weighted by Gasteiger charge is 2.59. The molecule has 8 heteroatoms. The molecule has 0 spiro atoms. The topological polar surface area (TPSA) is 66.5 Å². The van der Waals surface area contributed by atoms with Gasteiger partial charge in [-0.25, -0.2) is 4.90 Å². The van der Waals surface area contributed by atoms with Crippen molar-refractivity contribution in [3.05, 3.63) is 69.2 Å². The summed E-state index contributed by atoms with van der Waals surface area (Å²) >= 11 is 18.3. The number of allylic oxidation sites excluding steroid dienone is 2. The maximum Gasteiger partial charge on any atom is 0.257 e. The van der Waals surface area contributed by atoms with Crippen molar-refractivity contribution in [2.24, 2.45) is 23.7 Å². The number of anilines is 2. The Morgan fingerprint density at radius 1 is 0.900 bits per heavy atom. The van der Waals surface area contributed by atoms with E-state index in [9.17, 15) is 14.4 Å². The van der Waals surface area contributed by atoms with Crippen LogP contribution in [0.1, 0.15) is 16.8 Å². The van der Waals surface area contributed by atoms with Gasteiger partial charge in [0.05, 0.1) is 38.8 Å². The maximum atomic E-state index is 12.9. The molecule has 0 aromatic heterocycles. The number of carbonyl (C=O) groups excluding carboxylic acids is 3. The largest absolute Gasteiger partial charge is 0.321 e. The van der Waals surface area contributed by atoms with Crippen molar-refractivity contribution in [2.45, 2.75) is 6.42 Å². The van der Waals surface area contributed by atoms with E-state index in [-0.39, 0.29) is 51.1 Å². The molecule has 1 N–H and O–H groups in total. The fourth-order valence-corrected chi connectivity index (χ4v) is 5.48. The van der Waals surface area contributed by atoms with Crippen molar-refractivity contribution in [1.82, 2.24) is 0 Å². The van der Waals surface area contributed by atoms with E-state index in [0.717, 1.165) is 6.42 Å². The SMILES string of the molecule is O=C(Nc1ccc(N2C(=O)C3C4C=CC(C4)C3C2=O)cc1Cl)c1ccc(Cl)cc1Cl. The van der Waals surface area contributed by atoms with Gasteiger partial charge in [0.2, 0.25) is 11.8 Å². The third-order valence-electron chi connectivity index (χ3n) is 6.11. The zero-order valence-corrected chi connectivity index (χ0v) is 17.7. The lowest BCUT2D eigenvalue weighted by atomic mass is 9.85. The molecule has 3 amide bonds. The fraction of sp³-hybridized carbons (Fsp3) is 0.227. The Bertz CT molecular complexity index is 1120. The number of amides is 3. The van der Waals surface area contributed by atoms with E-state index in [1.165, 1.54) is 23.1 Å². The fourth-order valence-electron chi connectivity index (χ4n) is 4.76. The van der Waals surface area contributed by atoms with Crippen LogP contribution in [0.2, 0.25) is 15.1 Å². The average Bonchev–Trinajstić information content (AvgIpc) is 3.37. The predicted octanol–water partition coefficient (Wildman–Crippen LogP) is 5.21. The summed E-state index contributed by atoms with van der Waals surface area (Å²) in [6, 6.07) is 9.26. The highest BCUT2D eigenvalue weighted by molar-refractivity contribution is 6.38. The van der Waals surface area contributed by atoms with E-state index in [1.54, 1.807) is 18.2 Å². The van der Waals surface area contributed by atoms with Crippen LogP contribution >= 0.6 is 34.8 Å². The third kappa shape index (κ3) is 2.96. The molecule has 3 aliphatic rings. The van der Waals surface area contributed by atoms with Crippen molar-refractivity contribution in [2.75, 3.05) is 10.2 Å². The zero-order valence-electron chi connectivity index (χ0n) is 15.4. The first-order valence-corrected chi connectivity index (χ1v) is 10.6. The van der Waals surface area contributed by atoms with E-state index in [1.807, 2.05) is 12.2 Å². The molecule has 2 fully saturated rings. The monoisotopic (exact) mass is 460 g/mol. The quantitative estimate of drug-likeness (QED) is 0.504. The molecular formula is C22H15Cl3N2O3. The van der Waals surface area contributed by atoms with E-state index < -0.39 is 5.91 Å². The lowest BCUT2D eigenvalue weighted by Gasteiger charge is -2.18. The summed E-state index contributed by atoms with van der Waals surface area (Å²) in [6.07, 6.45) is 4.97. The van der Waals surface area contributed by atoms with Gasteiger partial charge in [0, 0.05) is 5.02 Å². The van der Waals surface area contributed by atoms with Gasteiger partial charge in [0.25, 0.3) is 5.91 Å². The van der Waals surface area contributed by atoms with Gasteiger partial charge >= 0.3 is 0 Å². The number of imide groups is 1. The zero-order chi connectivity index (χ0) is 21.2. The summed E-state index contributed by atoms with van der Waals surface area (Å²) in [7, 11) is 0. The molecular weight excluding hydrogens is 447 g/mol. The van der Waals surface area contributed by atoms with E-state index >= 15 is 0 Å². The maximum absolute atomic E-state index is 12.9. The number of fused-ring (bicyclic) bond motifs is 5. The van der Waals surface area contributed by atoms with Crippen LogP contribution in [0.5, 0.6) is 0 Å². The Kier molecular flexibility index (Phi) is 4.65. The van der Waals surface area contributed by atoms with Crippen molar-refractivity contribution >= 4 is 63.9 Å². The molecule has 5 nitrogen and oxygen atoms in total. The third-order valence-corrected chi connectivity index (χ3v) is 6.97. The molecule has 1 saturated heterocycles. The number of halogens is 3.